The van der Waals surface area contributed by atoms with Crippen molar-refractivity contribution in [1.29, 1.82) is 0 Å². The second kappa shape index (κ2) is 11.4. The molecule has 1 aromatic heterocycles. The summed E-state index contributed by atoms with van der Waals surface area (Å²) >= 11 is 1.55. The zero-order valence-corrected chi connectivity index (χ0v) is 19.3. The van der Waals surface area contributed by atoms with E-state index >= 15 is 0 Å². The zero-order chi connectivity index (χ0) is 22.9. The van der Waals surface area contributed by atoms with Crippen LogP contribution >= 0.6 is 11.8 Å². The smallest absolute Gasteiger partial charge is 0.269 e. The van der Waals surface area contributed by atoms with E-state index < -0.39 is 0 Å². The van der Waals surface area contributed by atoms with Crippen LogP contribution in [0.15, 0.2) is 65.8 Å². The zero-order valence-electron chi connectivity index (χ0n) is 18.5. The molecule has 0 atom stereocenters. The molecule has 166 valence electrons. The number of likely N-dealkylation sites (N-methyl/N-ethyl adjacent to an activating group) is 1. The first kappa shape index (κ1) is 23.4. The molecule has 2 amide bonds. The fourth-order valence-corrected chi connectivity index (χ4v) is 4.00. The van der Waals surface area contributed by atoms with Crippen LogP contribution in [-0.2, 0) is 17.1 Å². The number of aromatic nitrogens is 2. The Bertz CT molecular complexity index is 1040. The third-order valence-electron chi connectivity index (χ3n) is 4.57. The molecule has 7 nitrogen and oxygen atoms in total. The third kappa shape index (κ3) is 7.47. The Morgan fingerprint density at radius 3 is 2.22 bits per heavy atom. The average molecular weight is 450 g/mol. The Labute approximate surface area is 192 Å². The van der Waals surface area contributed by atoms with Gasteiger partial charge in [-0.05, 0) is 50.2 Å². The van der Waals surface area contributed by atoms with Gasteiger partial charge in [0.1, 0.15) is 0 Å². The Morgan fingerprint density at radius 2 is 1.56 bits per heavy atom. The predicted octanol–water partition coefficient (Wildman–Crippen LogP) is 3.28. The van der Waals surface area contributed by atoms with Gasteiger partial charge in [0.15, 0.2) is 5.16 Å². The van der Waals surface area contributed by atoms with Gasteiger partial charge in [-0.15, -0.1) is 0 Å². The Hall–Kier alpha value is -3.23. The van der Waals surface area contributed by atoms with Crippen molar-refractivity contribution < 1.29 is 9.59 Å². The quantitative estimate of drug-likeness (QED) is 0.312. The van der Waals surface area contributed by atoms with Crippen molar-refractivity contribution in [3.05, 3.63) is 88.7 Å². The van der Waals surface area contributed by atoms with Crippen LogP contribution in [0.1, 0.15) is 32.9 Å². The summed E-state index contributed by atoms with van der Waals surface area (Å²) in [5, 5.41) is 0.740. The standard InChI is InChI=1S/C24H27N5O2S/c1-17-13-18(2)26-24(25-17)32-16-20-9-11-21(12-10-20)23(31)28-27-22(30)15-29(3)14-19-7-5-4-6-8-19/h4-13H,14-16H2,1-3H3,(H,27,30)(H,28,31). The lowest BCUT2D eigenvalue weighted by Gasteiger charge is -2.16. The number of nitrogens with one attached hydrogen (secondary N) is 2. The van der Waals surface area contributed by atoms with Gasteiger partial charge in [-0.3, -0.25) is 25.3 Å². The van der Waals surface area contributed by atoms with Gasteiger partial charge in [0.2, 0.25) is 0 Å². The van der Waals surface area contributed by atoms with Gasteiger partial charge in [-0.25, -0.2) is 9.97 Å². The second-order valence-corrected chi connectivity index (χ2v) is 8.52. The average Bonchev–Trinajstić information content (AvgIpc) is 2.76. The molecule has 0 radical (unpaired) electrons. The molecule has 0 unspecified atom stereocenters. The lowest BCUT2D eigenvalue weighted by atomic mass is 10.1. The number of carbonyl (C=O) groups is 2. The number of hydrazine groups is 1. The number of carbonyl (C=O) groups excluding carboxylic acids is 2. The summed E-state index contributed by atoms with van der Waals surface area (Å²) in [5.41, 5.74) is 9.47. The summed E-state index contributed by atoms with van der Waals surface area (Å²) in [5.74, 6) is 0.0640. The highest BCUT2D eigenvalue weighted by molar-refractivity contribution is 7.98. The second-order valence-electron chi connectivity index (χ2n) is 7.58. The molecule has 3 aromatic rings. The Balaban J connectivity index is 1.43. The number of rotatable bonds is 8. The summed E-state index contributed by atoms with van der Waals surface area (Å²) in [6, 6.07) is 19.1. The van der Waals surface area contributed by atoms with Crippen LogP contribution in [0, 0.1) is 13.8 Å². The molecule has 0 saturated heterocycles. The fraction of sp³-hybridized carbons (Fsp3) is 0.250. The predicted molar refractivity (Wildman–Crippen MR) is 126 cm³/mol. The van der Waals surface area contributed by atoms with E-state index in [9.17, 15) is 9.59 Å². The highest BCUT2D eigenvalue weighted by atomic mass is 32.2. The van der Waals surface area contributed by atoms with E-state index in [1.165, 1.54) is 0 Å². The van der Waals surface area contributed by atoms with Gasteiger partial charge in [0.05, 0.1) is 6.54 Å². The largest absolute Gasteiger partial charge is 0.293 e. The summed E-state index contributed by atoms with van der Waals surface area (Å²) in [4.78, 5) is 35.2. The highest BCUT2D eigenvalue weighted by Crippen LogP contribution is 2.20. The molecule has 0 fully saturated rings. The van der Waals surface area contributed by atoms with E-state index in [0.717, 1.165) is 27.7 Å². The van der Waals surface area contributed by atoms with Crippen molar-refractivity contribution in [1.82, 2.24) is 25.7 Å². The number of benzene rings is 2. The van der Waals surface area contributed by atoms with Crippen molar-refractivity contribution in [2.45, 2.75) is 31.3 Å². The van der Waals surface area contributed by atoms with Crippen LogP contribution < -0.4 is 10.9 Å². The number of hydrogen-bond acceptors (Lipinski definition) is 6. The van der Waals surface area contributed by atoms with Gasteiger partial charge < -0.3 is 0 Å². The number of thioether (sulfide) groups is 1. The molecule has 0 spiro atoms. The molecule has 0 bridgehead atoms. The van der Waals surface area contributed by atoms with Gasteiger partial charge in [0.25, 0.3) is 11.8 Å². The molecule has 0 aliphatic rings. The molecular formula is C24H27N5O2S. The van der Waals surface area contributed by atoms with Gasteiger partial charge in [-0.1, -0.05) is 54.2 Å². The van der Waals surface area contributed by atoms with Crippen molar-refractivity contribution in [3.8, 4) is 0 Å². The molecule has 0 saturated carbocycles. The fourth-order valence-electron chi connectivity index (χ4n) is 3.09. The maximum Gasteiger partial charge on any atom is 0.269 e. The first-order valence-corrected chi connectivity index (χ1v) is 11.2. The normalized spacial score (nSPS) is 10.8. The molecule has 3 rings (SSSR count). The maximum absolute atomic E-state index is 12.3. The van der Waals surface area contributed by atoms with Crippen LogP contribution in [0.5, 0.6) is 0 Å². The molecule has 2 N–H and O–H groups in total. The number of nitrogens with zero attached hydrogens (tertiary/aromatic N) is 3. The molecule has 32 heavy (non-hydrogen) atoms. The van der Waals surface area contributed by atoms with Crippen molar-refractivity contribution in [2.24, 2.45) is 0 Å². The SMILES string of the molecule is Cc1cc(C)nc(SCc2ccc(C(=O)NNC(=O)CN(C)Cc3ccccc3)cc2)n1. The molecular weight excluding hydrogens is 422 g/mol. The van der Waals surface area contributed by atoms with Crippen LogP contribution in [-0.4, -0.2) is 40.3 Å². The molecule has 1 heterocycles. The Kier molecular flexibility index (Phi) is 8.35. The lowest BCUT2D eigenvalue weighted by molar-refractivity contribution is -0.122. The minimum atomic E-state index is -0.360. The summed E-state index contributed by atoms with van der Waals surface area (Å²) < 4.78 is 0. The van der Waals surface area contributed by atoms with Crippen LogP contribution in [0.2, 0.25) is 0 Å². The van der Waals surface area contributed by atoms with E-state index in [0.29, 0.717) is 17.9 Å². The van der Waals surface area contributed by atoms with Gasteiger partial charge >= 0.3 is 0 Å². The molecule has 8 heteroatoms. The lowest BCUT2D eigenvalue weighted by Crippen LogP contribution is -2.45. The summed E-state index contributed by atoms with van der Waals surface area (Å²) in [7, 11) is 1.86. The molecule has 0 aliphatic carbocycles. The van der Waals surface area contributed by atoms with E-state index in [1.807, 2.05) is 74.3 Å². The topological polar surface area (TPSA) is 87.2 Å². The minimum Gasteiger partial charge on any atom is -0.293 e. The number of aryl methyl sites for hydroxylation is 2. The van der Waals surface area contributed by atoms with E-state index in [2.05, 4.69) is 20.8 Å². The summed E-state index contributed by atoms with van der Waals surface area (Å²) in [6.45, 7) is 4.72. The molecule has 0 aliphatic heterocycles. The van der Waals surface area contributed by atoms with E-state index in [4.69, 9.17) is 0 Å². The Morgan fingerprint density at radius 1 is 0.906 bits per heavy atom. The summed E-state index contributed by atoms with van der Waals surface area (Å²) in [6.07, 6.45) is 0. The minimum absolute atomic E-state index is 0.172. The van der Waals surface area contributed by atoms with Gasteiger partial charge in [-0.2, -0.15) is 0 Å². The number of hydrogen-bond donors (Lipinski definition) is 2. The highest BCUT2D eigenvalue weighted by Gasteiger charge is 2.10. The van der Waals surface area contributed by atoms with Crippen LogP contribution in [0.25, 0.3) is 0 Å². The third-order valence-corrected chi connectivity index (χ3v) is 5.49. The van der Waals surface area contributed by atoms with E-state index in [-0.39, 0.29) is 18.4 Å². The van der Waals surface area contributed by atoms with Crippen molar-refractivity contribution in [2.75, 3.05) is 13.6 Å². The molecule has 2 aromatic carbocycles. The van der Waals surface area contributed by atoms with Crippen LogP contribution in [0.4, 0.5) is 0 Å². The monoisotopic (exact) mass is 449 g/mol. The first-order chi connectivity index (χ1) is 15.4. The van der Waals surface area contributed by atoms with Crippen molar-refractivity contribution >= 4 is 23.6 Å². The van der Waals surface area contributed by atoms with Crippen LogP contribution in [0.3, 0.4) is 0 Å². The first-order valence-electron chi connectivity index (χ1n) is 10.2. The maximum atomic E-state index is 12.3. The van der Waals surface area contributed by atoms with E-state index in [1.54, 1.807) is 23.9 Å². The van der Waals surface area contributed by atoms with Crippen molar-refractivity contribution in [3.63, 3.8) is 0 Å². The number of amides is 2. The van der Waals surface area contributed by atoms with Gasteiger partial charge in [0, 0.05) is 29.2 Å².